The van der Waals surface area contributed by atoms with E-state index in [1.165, 1.54) is 83.5 Å². The molecule has 0 saturated heterocycles. The maximum absolute atomic E-state index is 12.6. The Kier molecular flexibility index (Phi) is 37.6. The van der Waals surface area contributed by atoms with Gasteiger partial charge in [-0.05, 0) is 70.6 Å². The SMILES string of the molecule is CCCCC/C=C\C/C=C\CCCCCCCCCCCC(=O)O[C@H](COC(=O)CCCCCCC/C=C\CCCCC)COP(=O)(O)OCCN. The minimum absolute atomic E-state index is 0.0513. The molecule has 0 aliphatic rings. The van der Waals surface area contributed by atoms with Gasteiger partial charge in [0.2, 0.25) is 0 Å². The second kappa shape index (κ2) is 38.9. The molecular formula is C42H78NO8P. The van der Waals surface area contributed by atoms with Crippen LogP contribution in [0, 0.1) is 0 Å². The summed E-state index contributed by atoms with van der Waals surface area (Å²) in [6.45, 7) is 3.67. The van der Waals surface area contributed by atoms with E-state index in [-0.39, 0.29) is 32.6 Å². The third-order valence-corrected chi connectivity index (χ3v) is 9.73. The van der Waals surface area contributed by atoms with Gasteiger partial charge in [0.25, 0.3) is 0 Å². The Hall–Kier alpha value is -1.77. The van der Waals surface area contributed by atoms with E-state index < -0.39 is 32.5 Å². The molecule has 0 aromatic rings. The topological polar surface area (TPSA) is 134 Å². The highest BCUT2D eigenvalue weighted by Gasteiger charge is 2.26. The summed E-state index contributed by atoms with van der Waals surface area (Å²) in [7, 11) is -4.38. The van der Waals surface area contributed by atoms with Crippen molar-refractivity contribution >= 4 is 19.8 Å². The smallest absolute Gasteiger partial charge is 0.462 e. The van der Waals surface area contributed by atoms with Crippen LogP contribution in [0.3, 0.4) is 0 Å². The molecule has 0 aromatic carbocycles. The molecule has 0 radical (unpaired) electrons. The lowest BCUT2D eigenvalue weighted by molar-refractivity contribution is -0.161. The van der Waals surface area contributed by atoms with Gasteiger partial charge in [-0.2, -0.15) is 0 Å². The van der Waals surface area contributed by atoms with Crippen LogP contribution in [-0.2, 0) is 32.7 Å². The Morgan fingerprint density at radius 3 is 1.48 bits per heavy atom. The molecule has 52 heavy (non-hydrogen) atoms. The molecule has 3 N–H and O–H groups in total. The van der Waals surface area contributed by atoms with Crippen LogP contribution in [-0.4, -0.2) is 49.3 Å². The molecule has 0 heterocycles. The summed E-state index contributed by atoms with van der Waals surface area (Å²) in [5.74, 6) is -0.843. The molecule has 0 aliphatic carbocycles. The fraction of sp³-hybridized carbons (Fsp3) is 0.810. The molecule has 304 valence electrons. The summed E-state index contributed by atoms with van der Waals surface area (Å²) in [5.41, 5.74) is 5.34. The Labute approximate surface area is 318 Å². The van der Waals surface area contributed by atoms with Crippen molar-refractivity contribution in [1.29, 1.82) is 0 Å². The normalized spacial score (nSPS) is 13.7. The van der Waals surface area contributed by atoms with E-state index >= 15 is 0 Å². The molecule has 9 nitrogen and oxygen atoms in total. The highest BCUT2D eigenvalue weighted by molar-refractivity contribution is 7.47. The Morgan fingerprint density at radius 2 is 1.00 bits per heavy atom. The number of phosphoric acid groups is 1. The lowest BCUT2D eigenvalue weighted by atomic mass is 10.1. The second-order valence-electron chi connectivity index (χ2n) is 13.8. The van der Waals surface area contributed by atoms with Gasteiger partial charge in [-0.25, -0.2) is 4.57 Å². The zero-order valence-corrected chi connectivity index (χ0v) is 34.2. The Morgan fingerprint density at radius 1 is 0.577 bits per heavy atom. The van der Waals surface area contributed by atoms with Gasteiger partial charge < -0.3 is 20.1 Å². The number of rotatable bonds is 39. The van der Waals surface area contributed by atoms with E-state index in [9.17, 15) is 19.0 Å². The average molecular weight is 756 g/mol. The van der Waals surface area contributed by atoms with Crippen molar-refractivity contribution in [2.24, 2.45) is 5.73 Å². The number of unbranched alkanes of at least 4 members (excludes halogenated alkanes) is 20. The molecule has 0 fully saturated rings. The molecule has 10 heteroatoms. The van der Waals surface area contributed by atoms with Gasteiger partial charge >= 0.3 is 19.8 Å². The van der Waals surface area contributed by atoms with Crippen LogP contribution < -0.4 is 5.73 Å². The van der Waals surface area contributed by atoms with E-state index in [4.69, 9.17) is 24.3 Å². The van der Waals surface area contributed by atoms with Crippen molar-refractivity contribution in [1.82, 2.24) is 0 Å². The van der Waals surface area contributed by atoms with E-state index in [1.54, 1.807) is 0 Å². The van der Waals surface area contributed by atoms with Gasteiger partial charge in [0.1, 0.15) is 6.61 Å². The molecule has 1 unspecified atom stereocenters. The summed E-state index contributed by atoms with van der Waals surface area (Å²) >= 11 is 0. The number of nitrogens with two attached hydrogens (primary N) is 1. The number of carbonyl (C=O) groups excluding carboxylic acids is 2. The first-order chi connectivity index (χ1) is 25.3. The van der Waals surface area contributed by atoms with E-state index in [1.807, 2.05) is 0 Å². The van der Waals surface area contributed by atoms with Crippen LogP contribution in [0.25, 0.3) is 0 Å². The zero-order chi connectivity index (χ0) is 38.2. The summed E-state index contributed by atoms with van der Waals surface area (Å²) < 4.78 is 32.7. The Balaban J connectivity index is 4.16. The van der Waals surface area contributed by atoms with E-state index in [2.05, 4.69) is 50.3 Å². The van der Waals surface area contributed by atoms with Crippen LogP contribution in [0.2, 0.25) is 0 Å². The largest absolute Gasteiger partial charge is 0.472 e. The second-order valence-corrected chi connectivity index (χ2v) is 15.3. The molecule has 0 bridgehead atoms. The van der Waals surface area contributed by atoms with Gasteiger partial charge in [0.15, 0.2) is 6.10 Å². The lowest BCUT2D eigenvalue weighted by Gasteiger charge is -2.19. The molecule has 0 amide bonds. The minimum atomic E-state index is -4.38. The lowest BCUT2D eigenvalue weighted by Crippen LogP contribution is -2.29. The molecule has 0 aromatic heterocycles. The molecule has 0 spiro atoms. The fourth-order valence-corrected chi connectivity index (χ4v) is 6.36. The molecule has 0 saturated carbocycles. The van der Waals surface area contributed by atoms with E-state index in [0.717, 1.165) is 70.6 Å². The third-order valence-electron chi connectivity index (χ3n) is 8.75. The summed E-state index contributed by atoms with van der Waals surface area (Å²) in [6, 6.07) is 0. The molecular weight excluding hydrogens is 677 g/mol. The van der Waals surface area contributed by atoms with Crippen LogP contribution in [0.1, 0.15) is 187 Å². The minimum Gasteiger partial charge on any atom is -0.462 e. The Bertz CT molecular complexity index is 954. The summed E-state index contributed by atoms with van der Waals surface area (Å²) in [5, 5.41) is 0. The quantitative estimate of drug-likeness (QED) is 0.0272. The average Bonchev–Trinajstić information content (AvgIpc) is 3.13. The zero-order valence-electron chi connectivity index (χ0n) is 33.3. The molecule has 2 atom stereocenters. The van der Waals surface area contributed by atoms with Crippen molar-refractivity contribution < 1.29 is 37.6 Å². The van der Waals surface area contributed by atoms with E-state index in [0.29, 0.717) is 6.42 Å². The highest BCUT2D eigenvalue weighted by atomic mass is 31.2. The standard InChI is InChI=1S/C42H78NO8P/c1-3-5-7-9-11-13-15-17-18-19-20-21-22-23-25-27-29-31-33-35-42(45)51-40(39-50-52(46,47)49-37-36-43)38-48-41(44)34-32-30-28-26-24-16-14-12-10-8-6-4-2/h11-14,17-18,40H,3-10,15-16,19-39,43H2,1-2H3,(H,46,47)/b13-11-,14-12-,18-17-/t40-/m1/s1. The summed E-state index contributed by atoms with van der Waals surface area (Å²) in [4.78, 5) is 34.8. The van der Waals surface area contributed by atoms with Gasteiger partial charge in [0, 0.05) is 19.4 Å². The number of hydrogen-bond donors (Lipinski definition) is 2. The van der Waals surface area contributed by atoms with Gasteiger partial charge in [-0.1, -0.05) is 140 Å². The molecule has 0 rings (SSSR count). The van der Waals surface area contributed by atoms with Gasteiger partial charge in [-0.3, -0.25) is 18.6 Å². The van der Waals surface area contributed by atoms with Gasteiger partial charge in [-0.15, -0.1) is 0 Å². The van der Waals surface area contributed by atoms with Crippen LogP contribution in [0.5, 0.6) is 0 Å². The third kappa shape index (κ3) is 38.0. The first-order valence-corrected chi connectivity index (χ1v) is 22.5. The van der Waals surface area contributed by atoms with Crippen molar-refractivity contribution in [3.63, 3.8) is 0 Å². The first-order valence-electron chi connectivity index (χ1n) is 21.0. The van der Waals surface area contributed by atoms with Gasteiger partial charge in [0.05, 0.1) is 13.2 Å². The summed E-state index contributed by atoms with van der Waals surface area (Å²) in [6.07, 6.45) is 41.7. The van der Waals surface area contributed by atoms with Crippen molar-refractivity contribution in [3.05, 3.63) is 36.5 Å². The number of esters is 2. The monoisotopic (exact) mass is 756 g/mol. The predicted octanol–water partition coefficient (Wildman–Crippen LogP) is 11.8. The number of phosphoric ester groups is 1. The van der Waals surface area contributed by atoms with Crippen LogP contribution in [0.15, 0.2) is 36.5 Å². The number of ether oxygens (including phenoxy) is 2. The van der Waals surface area contributed by atoms with Crippen LogP contribution in [0.4, 0.5) is 0 Å². The number of hydrogen-bond acceptors (Lipinski definition) is 8. The predicted molar refractivity (Wildman–Crippen MR) is 215 cm³/mol. The van der Waals surface area contributed by atoms with Crippen molar-refractivity contribution in [3.8, 4) is 0 Å². The fourth-order valence-electron chi connectivity index (χ4n) is 5.60. The van der Waals surface area contributed by atoms with Crippen molar-refractivity contribution in [2.45, 2.75) is 193 Å². The van der Waals surface area contributed by atoms with Crippen molar-refractivity contribution in [2.75, 3.05) is 26.4 Å². The van der Waals surface area contributed by atoms with Crippen LogP contribution >= 0.6 is 7.82 Å². The first kappa shape index (κ1) is 50.2. The molecule has 0 aliphatic heterocycles. The number of allylic oxidation sites excluding steroid dienone is 6. The maximum Gasteiger partial charge on any atom is 0.472 e. The highest BCUT2D eigenvalue weighted by Crippen LogP contribution is 2.43. The number of carbonyl (C=O) groups is 2. The maximum atomic E-state index is 12.6.